The highest BCUT2D eigenvalue weighted by Gasteiger charge is 2.21. The van der Waals surface area contributed by atoms with Gasteiger partial charge in [0, 0.05) is 4.88 Å². The molecule has 1 heterocycles. The van der Waals surface area contributed by atoms with Crippen LogP contribution in [0.4, 0.5) is 10.1 Å². The van der Waals surface area contributed by atoms with E-state index in [2.05, 4.69) is 20.7 Å². The van der Waals surface area contributed by atoms with Crippen LogP contribution < -0.4 is 4.72 Å². The summed E-state index contributed by atoms with van der Waals surface area (Å²) >= 11 is 4.28. The first kappa shape index (κ1) is 15.4. The van der Waals surface area contributed by atoms with Gasteiger partial charge in [-0.1, -0.05) is 6.07 Å². The van der Waals surface area contributed by atoms with E-state index in [9.17, 15) is 12.8 Å². The van der Waals surface area contributed by atoms with Crippen molar-refractivity contribution in [3.05, 3.63) is 44.3 Å². The number of rotatable bonds is 4. The van der Waals surface area contributed by atoms with Crippen molar-refractivity contribution < 1.29 is 17.9 Å². The lowest BCUT2D eigenvalue weighted by Crippen LogP contribution is -2.12. The molecular weight excluding hydrogens is 369 g/mol. The Hall–Kier alpha value is -0.960. The molecule has 0 atom stereocenters. The van der Waals surface area contributed by atoms with Crippen LogP contribution in [-0.2, 0) is 16.6 Å². The number of halogens is 2. The number of anilines is 1. The molecule has 0 aliphatic rings. The minimum atomic E-state index is -3.83. The Labute approximate surface area is 128 Å². The van der Waals surface area contributed by atoms with Crippen molar-refractivity contribution in [1.29, 1.82) is 0 Å². The van der Waals surface area contributed by atoms with Crippen LogP contribution >= 0.6 is 27.3 Å². The van der Waals surface area contributed by atoms with Gasteiger partial charge < -0.3 is 5.11 Å². The van der Waals surface area contributed by atoms with Crippen molar-refractivity contribution >= 4 is 43.0 Å². The molecule has 0 amide bonds. The fourth-order valence-electron chi connectivity index (χ4n) is 1.53. The van der Waals surface area contributed by atoms with E-state index in [0.717, 1.165) is 17.4 Å². The number of nitrogens with one attached hydrogen (secondary N) is 1. The van der Waals surface area contributed by atoms with E-state index in [4.69, 9.17) is 5.11 Å². The molecule has 2 rings (SSSR count). The van der Waals surface area contributed by atoms with Crippen molar-refractivity contribution in [3.63, 3.8) is 0 Å². The highest BCUT2D eigenvalue weighted by molar-refractivity contribution is 9.11. The molecule has 0 fully saturated rings. The molecule has 1 aromatic carbocycles. The Bertz CT molecular complexity index is 743. The maximum Gasteiger partial charge on any atom is 0.263 e. The smallest absolute Gasteiger partial charge is 0.263 e. The van der Waals surface area contributed by atoms with Gasteiger partial charge in [-0.05, 0) is 46.6 Å². The zero-order valence-electron chi connectivity index (χ0n) is 10.4. The van der Waals surface area contributed by atoms with Crippen molar-refractivity contribution in [1.82, 2.24) is 0 Å². The first-order valence-electron chi connectivity index (χ1n) is 5.51. The van der Waals surface area contributed by atoms with E-state index < -0.39 is 15.8 Å². The van der Waals surface area contributed by atoms with Crippen LogP contribution in [0.1, 0.15) is 10.4 Å². The normalized spacial score (nSPS) is 11.6. The maximum atomic E-state index is 13.4. The average Bonchev–Trinajstić information content (AvgIpc) is 2.76. The lowest BCUT2D eigenvalue weighted by Gasteiger charge is -2.08. The predicted molar refractivity (Wildman–Crippen MR) is 79.9 cm³/mol. The van der Waals surface area contributed by atoms with E-state index >= 15 is 0 Å². The molecule has 20 heavy (non-hydrogen) atoms. The van der Waals surface area contributed by atoms with Gasteiger partial charge in [-0.2, -0.15) is 0 Å². The van der Waals surface area contributed by atoms with Crippen molar-refractivity contribution in [2.75, 3.05) is 4.72 Å². The second kappa shape index (κ2) is 5.80. The van der Waals surface area contributed by atoms with Gasteiger partial charge in [0.2, 0.25) is 0 Å². The van der Waals surface area contributed by atoms with Crippen LogP contribution in [0, 0.1) is 12.7 Å². The van der Waals surface area contributed by atoms with Gasteiger partial charge >= 0.3 is 0 Å². The summed E-state index contributed by atoms with van der Waals surface area (Å²) in [5.74, 6) is -0.481. The van der Waals surface area contributed by atoms with Crippen LogP contribution in [0.2, 0.25) is 0 Å². The molecule has 0 bridgehead atoms. The third kappa shape index (κ3) is 3.20. The monoisotopic (exact) mass is 379 g/mol. The Balaban J connectivity index is 2.35. The highest BCUT2D eigenvalue weighted by Crippen LogP contribution is 2.32. The van der Waals surface area contributed by atoms with Crippen molar-refractivity contribution in [3.8, 4) is 0 Å². The zero-order valence-corrected chi connectivity index (χ0v) is 13.6. The Morgan fingerprint density at radius 3 is 2.65 bits per heavy atom. The summed E-state index contributed by atoms with van der Waals surface area (Å²) in [7, 11) is -3.83. The molecule has 2 aromatic rings. The number of benzene rings is 1. The van der Waals surface area contributed by atoms with E-state index in [0.29, 0.717) is 14.2 Å². The summed E-state index contributed by atoms with van der Waals surface area (Å²) < 4.78 is 40.5. The predicted octanol–water partition coefficient (Wildman–Crippen LogP) is 3.25. The number of aliphatic hydroxyl groups is 1. The Kier molecular flexibility index (Phi) is 4.48. The summed E-state index contributed by atoms with van der Waals surface area (Å²) in [5, 5.41) is 9.02. The van der Waals surface area contributed by atoms with Crippen molar-refractivity contribution in [2.24, 2.45) is 0 Å². The fourth-order valence-corrected chi connectivity index (χ4v) is 5.12. The number of sulfonamides is 1. The highest BCUT2D eigenvalue weighted by atomic mass is 79.9. The topological polar surface area (TPSA) is 66.4 Å². The number of hydrogen-bond acceptors (Lipinski definition) is 4. The summed E-state index contributed by atoms with van der Waals surface area (Å²) in [4.78, 5) is 0.542. The molecule has 0 spiro atoms. The molecule has 0 saturated carbocycles. The molecule has 4 nitrogen and oxygen atoms in total. The standard InChI is InChI=1S/C12H11BrFNO3S2/c1-7-2-3-8(4-10(7)14)15-20(17,18)11-5-9(6-16)19-12(11)13/h2-5,15-16H,6H2,1H3. The average molecular weight is 380 g/mol. The molecular formula is C12H11BrFNO3S2. The van der Waals surface area contributed by atoms with E-state index in [1.807, 2.05) is 0 Å². The van der Waals surface area contributed by atoms with Crippen LogP contribution in [-0.4, -0.2) is 13.5 Å². The summed E-state index contributed by atoms with van der Waals surface area (Å²) in [6.07, 6.45) is 0. The van der Waals surface area contributed by atoms with Crippen LogP contribution in [0.15, 0.2) is 32.9 Å². The zero-order chi connectivity index (χ0) is 14.9. The minimum absolute atomic E-state index is 0.0209. The lowest BCUT2D eigenvalue weighted by atomic mass is 10.2. The van der Waals surface area contributed by atoms with E-state index in [1.165, 1.54) is 18.2 Å². The van der Waals surface area contributed by atoms with Crippen molar-refractivity contribution in [2.45, 2.75) is 18.4 Å². The van der Waals surface area contributed by atoms with Gasteiger partial charge in [0.15, 0.2) is 0 Å². The first-order chi connectivity index (χ1) is 9.33. The van der Waals surface area contributed by atoms with Crippen LogP contribution in [0.25, 0.3) is 0 Å². The Morgan fingerprint density at radius 1 is 1.40 bits per heavy atom. The molecule has 0 unspecified atom stereocenters. The summed E-state index contributed by atoms with van der Waals surface area (Å²) in [6.45, 7) is 1.36. The first-order valence-corrected chi connectivity index (χ1v) is 8.61. The second-order valence-electron chi connectivity index (χ2n) is 4.08. The summed E-state index contributed by atoms with van der Waals surface area (Å²) in [5.41, 5.74) is 0.587. The van der Waals surface area contributed by atoms with Gasteiger partial charge in [0.05, 0.1) is 16.1 Å². The molecule has 8 heteroatoms. The quantitative estimate of drug-likeness (QED) is 0.856. The molecule has 0 radical (unpaired) electrons. The number of thiophene rings is 1. The van der Waals surface area contributed by atoms with Gasteiger partial charge in [-0.15, -0.1) is 11.3 Å². The number of hydrogen-bond donors (Lipinski definition) is 2. The SMILES string of the molecule is Cc1ccc(NS(=O)(=O)c2cc(CO)sc2Br)cc1F. The lowest BCUT2D eigenvalue weighted by molar-refractivity contribution is 0.285. The number of aryl methyl sites for hydroxylation is 1. The second-order valence-corrected chi connectivity index (χ2v) is 8.18. The molecule has 0 aliphatic carbocycles. The molecule has 0 saturated heterocycles. The molecule has 108 valence electrons. The summed E-state index contributed by atoms with van der Waals surface area (Å²) in [6, 6.07) is 5.49. The number of aliphatic hydroxyl groups excluding tert-OH is 1. The minimum Gasteiger partial charge on any atom is -0.391 e. The largest absolute Gasteiger partial charge is 0.391 e. The van der Waals surface area contributed by atoms with Gasteiger partial charge in [0.25, 0.3) is 10.0 Å². The fraction of sp³-hybridized carbons (Fsp3) is 0.167. The third-order valence-corrected chi connectivity index (χ3v) is 6.19. The molecule has 2 N–H and O–H groups in total. The molecule has 1 aromatic heterocycles. The van der Waals surface area contributed by atoms with Gasteiger partial charge in [-0.3, -0.25) is 4.72 Å². The van der Waals surface area contributed by atoms with E-state index in [1.54, 1.807) is 6.92 Å². The van der Waals surface area contributed by atoms with Crippen LogP contribution in [0.5, 0.6) is 0 Å². The van der Waals surface area contributed by atoms with Gasteiger partial charge in [-0.25, -0.2) is 12.8 Å². The third-order valence-electron chi connectivity index (χ3n) is 2.58. The van der Waals surface area contributed by atoms with E-state index in [-0.39, 0.29) is 17.2 Å². The molecule has 0 aliphatic heterocycles. The van der Waals surface area contributed by atoms with Gasteiger partial charge in [0.1, 0.15) is 10.7 Å². The Morgan fingerprint density at radius 2 is 2.10 bits per heavy atom. The van der Waals surface area contributed by atoms with Crippen LogP contribution in [0.3, 0.4) is 0 Å². The maximum absolute atomic E-state index is 13.4.